The zero-order valence-electron chi connectivity index (χ0n) is 21.0. The largest absolute Gasteiger partial charge is 0.493 e. The van der Waals surface area contributed by atoms with Crippen LogP contribution in [0.4, 0.5) is 0 Å². The molecule has 0 radical (unpaired) electrons. The zero-order valence-corrected chi connectivity index (χ0v) is 21.0. The maximum absolute atomic E-state index is 13.5. The highest BCUT2D eigenvalue weighted by molar-refractivity contribution is 5.83. The van der Waals surface area contributed by atoms with Crippen molar-refractivity contribution in [3.63, 3.8) is 0 Å². The number of tetrazole rings is 1. The fraction of sp³-hybridized carbons (Fsp3) is 0.583. The Balaban J connectivity index is 1.88. The van der Waals surface area contributed by atoms with Crippen LogP contribution in [0.2, 0.25) is 0 Å². The standard InChI is InChI=1S/C24H35N7O3/c1-7-24(3,4)31-22(26-27-28-31)21(30-11-9-29(8-2)10-12-30)17-13-16-14-19(33-5)20(34-6)15-18(16)25-23(17)32/h13-15,21H,7-12H2,1-6H3,(H,25,32). The summed E-state index contributed by atoms with van der Waals surface area (Å²) in [5.41, 5.74) is 0.858. The van der Waals surface area contributed by atoms with E-state index in [0.717, 1.165) is 44.5 Å². The summed E-state index contributed by atoms with van der Waals surface area (Å²) in [4.78, 5) is 21.3. The monoisotopic (exact) mass is 469 g/mol. The minimum atomic E-state index is -0.374. The minimum absolute atomic E-state index is 0.161. The molecule has 0 amide bonds. The summed E-state index contributed by atoms with van der Waals surface area (Å²) in [6.45, 7) is 13.0. The summed E-state index contributed by atoms with van der Waals surface area (Å²) in [6, 6.07) is 5.24. The quantitative estimate of drug-likeness (QED) is 0.537. The molecular formula is C24H35N7O3. The van der Waals surface area contributed by atoms with Crippen LogP contribution in [-0.2, 0) is 5.54 Å². The van der Waals surface area contributed by atoms with Crippen LogP contribution in [0.5, 0.6) is 11.5 Å². The van der Waals surface area contributed by atoms with E-state index in [-0.39, 0.29) is 17.1 Å². The van der Waals surface area contributed by atoms with Crippen molar-refractivity contribution in [3.05, 3.63) is 39.9 Å². The lowest BCUT2D eigenvalue weighted by Crippen LogP contribution is -2.49. The molecule has 1 fully saturated rings. The van der Waals surface area contributed by atoms with E-state index >= 15 is 0 Å². The van der Waals surface area contributed by atoms with E-state index in [1.54, 1.807) is 20.3 Å². The Hall–Kier alpha value is -2.98. The third-order valence-electron chi connectivity index (χ3n) is 7.07. The topological polar surface area (TPSA) is 101 Å². The van der Waals surface area contributed by atoms with Gasteiger partial charge in [-0.3, -0.25) is 9.69 Å². The van der Waals surface area contributed by atoms with Gasteiger partial charge in [0.05, 0.1) is 25.3 Å². The van der Waals surface area contributed by atoms with Gasteiger partial charge in [-0.05, 0) is 49.4 Å². The van der Waals surface area contributed by atoms with Crippen molar-refractivity contribution in [1.29, 1.82) is 0 Å². The second-order valence-corrected chi connectivity index (χ2v) is 9.34. The zero-order chi connectivity index (χ0) is 24.5. The average molecular weight is 470 g/mol. The number of pyridine rings is 1. The van der Waals surface area contributed by atoms with Crippen molar-refractivity contribution in [2.24, 2.45) is 0 Å². The second kappa shape index (κ2) is 9.71. The Morgan fingerprint density at radius 3 is 2.35 bits per heavy atom. The Labute approximate surface area is 199 Å². The van der Waals surface area contributed by atoms with Gasteiger partial charge in [0, 0.05) is 43.2 Å². The number of aromatic amines is 1. The van der Waals surface area contributed by atoms with Crippen LogP contribution >= 0.6 is 0 Å². The Bertz CT molecular complexity index is 1190. The van der Waals surface area contributed by atoms with Crippen LogP contribution in [0.1, 0.15) is 51.5 Å². The first-order valence-corrected chi connectivity index (χ1v) is 11.9. The van der Waals surface area contributed by atoms with Crippen molar-refractivity contribution in [3.8, 4) is 11.5 Å². The highest BCUT2D eigenvalue weighted by Gasteiger charge is 2.35. The summed E-state index contributed by atoms with van der Waals surface area (Å²) in [5.74, 6) is 1.86. The molecule has 0 spiro atoms. The molecule has 1 N–H and O–H groups in total. The molecule has 0 saturated carbocycles. The van der Waals surface area contributed by atoms with Gasteiger partial charge in [-0.2, -0.15) is 0 Å². The maximum atomic E-state index is 13.5. The van der Waals surface area contributed by atoms with E-state index in [4.69, 9.17) is 9.47 Å². The first-order chi connectivity index (χ1) is 16.3. The van der Waals surface area contributed by atoms with Crippen molar-refractivity contribution in [2.75, 3.05) is 46.9 Å². The number of hydrogen-bond acceptors (Lipinski definition) is 8. The number of nitrogens with zero attached hydrogens (tertiary/aromatic N) is 6. The smallest absolute Gasteiger partial charge is 0.253 e. The number of H-pyrrole nitrogens is 1. The first kappa shape index (κ1) is 24.2. The molecule has 1 aromatic carbocycles. The summed E-state index contributed by atoms with van der Waals surface area (Å²) >= 11 is 0. The number of benzene rings is 1. The molecule has 1 aliphatic rings. The number of fused-ring (bicyclic) bond motifs is 1. The normalized spacial score (nSPS) is 16.6. The van der Waals surface area contributed by atoms with Gasteiger partial charge in [-0.25, -0.2) is 4.68 Å². The SMILES string of the molecule is CCN1CCN(C(c2cc3cc(OC)c(OC)cc3[nH]c2=O)c2nnnn2C(C)(C)CC)CC1. The molecule has 3 heterocycles. The third-order valence-corrected chi connectivity index (χ3v) is 7.07. The van der Waals surface area contributed by atoms with Crippen LogP contribution < -0.4 is 15.0 Å². The Morgan fingerprint density at radius 1 is 1.06 bits per heavy atom. The molecule has 1 saturated heterocycles. The van der Waals surface area contributed by atoms with Crippen molar-refractivity contribution in [2.45, 2.75) is 45.7 Å². The van der Waals surface area contributed by atoms with E-state index in [1.165, 1.54) is 0 Å². The molecule has 2 aromatic heterocycles. The first-order valence-electron chi connectivity index (χ1n) is 11.9. The number of likely N-dealkylation sites (N-methyl/N-ethyl adjacent to an activating group) is 1. The van der Waals surface area contributed by atoms with Crippen LogP contribution in [0.15, 0.2) is 23.0 Å². The van der Waals surface area contributed by atoms with E-state index in [2.05, 4.69) is 58.0 Å². The molecule has 184 valence electrons. The van der Waals surface area contributed by atoms with Gasteiger partial charge in [-0.15, -0.1) is 5.10 Å². The number of rotatable bonds is 8. The average Bonchev–Trinajstić information content (AvgIpc) is 3.34. The molecule has 0 bridgehead atoms. The maximum Gasteiger partial charge on any atom is 0.253 e. The lowest BCUT2D eigenvalue weighted by Gasteiger charge is -2.39. The summed E-state index contributed by atoms with van der Waals surface area (Å²) in [7, 11) is 3.19. The van der Waals surface area contributed by atoms with Gasteiger partial charge in [0.15, 0.2) is 17.3 Å². The molecule has 10 nitrogen and oxygen atoms in total. The molecule has 1 unspecified atom stereocenters. The van der Waals surface area contributed by atoms with Gasteiger partial charge >= 0.3 is 0 Å². The number of hydrogen-bond donors (Lipinski definition) is 1. The fourth-order valence-electron chi connectivity index (χ4n) is 4.54. The Kier molecular flexibility index (Phi) is 6.90. The minimum Gasteiger partial charge on any atom is -0.493 e. The predicted octanol–water partition coefficient (Wildman–Crippen LogP) is 2.40. The summed E-state index contributed by atoms with van der Waals surface area (Å²) in [6.07, 6.45) is 0.854. The van der Waals surface area contributed by atoms with Crippen LogP contribution in [-0.4, -0.2) is 81.9 Å². The molecular weight excluding hydrogens is 434 g/mol. The Morgan fingerprint density at radius 2 is 1.74 bits per heavy atom. The van der Waals surface area contributed by atoms with E-state index in [1.807, 2.05) is 16.8 Å². The van der Waals surface area contributed by atoms with Crippen LogP contribution in [0.3, 0.4) is 0 Å². The lowest BCUT2D eigenvalue weighted by atomic mass is 9.98. The van der Waals surface area contributed by atoms with E-state index in [9.17, 15) is 4.79 Å². The van der Waals surface area contributed by atoms with E-state index < -0.39 is 0 Å². The number of piperazine rings is 1. The molecule has 10 heteroatoms. The number of nitrogens with one attached hydrogen (secondary N) is 1. The number of ether oxygens (including phenoxy) is 2. The summed E-state index contributed by atoms with van der Waals surface area (Å²) in [5, 5.41) is 13.7. The van der Waals surface area contributed by atoms with Crippen LogP contribution in [0, 0.1) is 0 Å². The van der Waals surface area contributed by atoms with Gasteiger partial charge in [-0.1, -0.05) is 13.8 Å². The second-order valence-electron chi connectivity index (χ2n) is 9.34. The third kappa shape index (κ3) is 4.39. The van der Waals surface area contributed by atoms with Gasteiger partial charge in [0.1, 0.15) is 6.04 Å². The van der Waals surface area contributed by atoms with E-state index in [0.29, 0.717) is 28.4 Å². The van der Waals surface area contributed by atoms with Crippen molar-refractivity contribution in [1.82, 2.24) is 35.0 Å². The predicted molar refractivity (Wildman–Crippen MR) is 131 cm³/mol. The molecule has 1 aliphatic heterocycles. The highest BCUT2D eigenvalue weighted by atomic mass is 16.5. The van der Waals surface area contributed by atoms with Crippen LogP contribution in [0.25, 0.3) is 10.9 Å². The fourth-order valence-corrected chi connectivity index (χ4v) is 4.54. The number of aromatic nitrogens is 5. The van der Waals surface area contributed by atoms with Gasteiger partial charge in [0.2, 0.25) is 0 Å². The highest BCUT2D eigenvalue weighted by Crippen LogP contribution is 2.34. The number of methoxy groups -OCH3 is 2. The molecule has 4 rings (SSSR count). The summed E-state index contributed by atoms with van der Waals surface area (Å²) < 4.78 is 12.8. The van der Waals surface area contributed by atoms with Crippen molar-refractivity contribution < 1.29 is 9.47 Å². The van der Waals surface area contributed by atoms with Gasteiger partial charge < -0.3 is 19.4 Å². The molecule has 3 aromatic rings. The molecule has 0 aliphatic carbocycles. The molecule has 34 heavy (non-hydrogen) atoms. The van der Waals surface area contributed by atoms with Gasteiger partial charge in [0.25, 0.3) is 5.56 Å². The molecule has 1 atom stereocenters. The van der Waals surface area contributed by atoms with Crippen molar-refractivity contribution >= 4 is 10.9 Å². The lowest BCUT2D eigenvalue weighted by molar-refractivity contribution is 0.105.